The maximum Gasteiger partial charge on any atom is 0.338 e. The summed E-state index contributed by atoms with van der Waals surface area (Å²) in [6, 6.07) is 0. The van der Waals surface area contributed by atoms with Gasteiger partial charge >= 0.3 is 11.9 Å². The Labute approximate surface area is 478 Å². The monoisotopic (exact) mass is 1170 g/mol. The summed E-state index contributed by atoms with van der Waals surface area (Å²) in [5, 5.41) is 140. The van der Waals surface area contributed by atoms with E-state index in [9.17, 15) is 76.0 Å². The first-order valence-corrected chi connectivity index (χ1v) is 29.8. The van der Waals surface area contributed by atoms with Gasteiger partial charge in [0.05, 0.1) is 37.9 Å². The number of hydrogen-bond acceptors (Lipinski definition) is 24. The van der Waals surface area contributed by atoms with Crippen molar-refractivity contribution in [1.82, 2.24) is 0 Å². The number of rotatable bonds is 15. The molecule has 82 heavy (non-hydrogen) atoms. The van der Waals surface area contributed by atoms with Crippen LogP contribution in [0.5, 0.6) is 0 Å². The number of carbonyl (C=O) groups excluding carboxylic acids is 2. The van der Waals surface area contributed by atoms with Crippen LogP contribution < -0.4 is 0 Å². The van der Waals surface area contributed by atoms with Gasteiger partial charge in [-0.1, -0.05) is 73.5 Å². The number of aliphatic hydroxyl groups is 13. The fourth-order valence-corrected chi connectivity index (χ4v) is 16.9. The molecule has 0 unspecified atom stereocenters. The van der Waals surface area contributed by atoms with Gasteiger partial charge in [0.2, 0.25) is 6.29 Å². The predicted molar refractivity (Wildman–Crippen MR) is 282 cm³/mol. The lowest BCUT2D eigenvalue weighted by atomic mass is 9.33. The summed E-state index contributed by atoms with van der Waals surface area (Å²) in [5.74, 6) is -1.63. The third kappa shape index (κ3) is 10.9. The van der Waals surface area contributed by atoms with Crippen molar-refractivity contribution in [3.8, 4) is 0 Å². The maximum atomic E-state index is 14.9. The maximum absolute atomic E-state index is 14.9. The van der Waals surface area contributed by atoms with Gasteiger partial charge in [-0.25, -0.2) is 4.79 Å². The molecule has 9 rings (SSSR count). The zero-order valence-corrected chi connectivity index (χ0v) is 48.6. The van der Waals surface area contributed by atoms with E-state index in [0.717, 1.165) is 19.3 Å². The van der Waals surface area contributed by atoms with Crippen LogP contribution in [0.4, 0.5) is 0 Å². The van der Waals surface area contributed by atoms with E-state index in [-0.39, 0.29) is 46.0 Å². The molecule has 470 valence electrons. The number of allylic oxidation sites excluding steroid dienone is 2. The Hall–Kier alpha value is -2.12. The van der Waals surface area contributed by atoms with E-state index in [4.69, 9.17) is 42.6 Å². The minimum Gasteiger partial charge on any atom is -0.464 e. The van der Waals surface area contributed by atoms with Crippen molar-refractivity contribution in [3.63, 3.8) is 0 Å². The zero-order chi connectivity index (χ0) is 60.0. The highest BCUT2D eigenvalue weighted by Gasteiger charge is 2.70. The Bertz CT molecular complexity index is 2260. The standard InChI is InChI=1S/C58H94O24/c1-9-10-21-74-47(72)45-43(71)44(79-48-40(68)37(65)34(62)28(23-59)75-48)46(81-49-41(69)38(66)35(63)29(24-60)76-49)51(80-45)78-33-14-15-55(6)31(54(33,4)5)13-16-57(8)32(55)12-11-26-27-22-53(2,3)17-19-58(27,20-18-56(26,57)7)52(73)82-50-42(70)39(67)36(64)30(25-61)77-50/h11,27-46,48-51,59-71H,9-10,12-25H2,1-8H3/t27-,28+,29+,30+,31-,32+,33-,34-,35+,36+,37-,38-,39-,40+,41+,42+,43-,44-,45-,46+,48-,49-,50-,51+,55-,56+,57+,58-/m0/s1. The minimum absolute atomic E-state index is 0.00449. The molecule has 9 aliphatic rings. The second-order valence-electron chi connectivity index (χ2n) is 27.5. The summed E-state index contributed by atoms with van der Waals surface area (Å²) >= 11 is 0. The minimum atomic E-state index is -2.03. The molecule has 8 fully saturated rings. The third-order valence-electron chi connectivity index (χ3n) is 22.1. The Kier molecular flexibility index (Phi) is 18.9. The van der Waals surface area contributed by atoms with Crippen LogP contribution in [0.3, 0.4) is 0 Å². The number of ether oxygens (including phenoxy) is 9. The van der Waals surface area contributed by atoms with E-state index in [1.807, 2.05) is 6.92 Å². The van der Waals surface area contributed by atoms with Gasteiger partial charge in [-0.2, -0.15) is 0 Å². The zero-order valence-electron chi connectivity index (χ0n) is 48.6. The van der Waals surface area contributed by atoms with Crippen molar-refractivity contribution in [2.45, 2.75) is 261 Å². The lowest BCUT2D eigenvalue weighted by Gasteiger charge is -2.71. The van der Waals surface area contributed by atoms with Gasteiger partial charge in [0.1, 0.15) is 91.6 Å². The average Bonchev–Trinajstić information content (AvgIpc) is 1.19. The van der Waals surface area contributed by atoms with Gasteiger partial charge in [0.25, 0.3) is 0 Å². The lowest BCUT2D eigenvalue weighted by Crippen LogP contribution is -2.69. The number of fused-ring (bicyclic) bond motifs is 7. The van der Waals surface area contributed by atoms with Gasteiger partial charge in [0.15, 0.2) is 25.0 Å². The van der Waals surface area contributed by atoms with Crippen molar-refractivity contribution >= 4 is 11.9 Å². The molecule has 4 heterocycles. The summed E-state index contributed by atoms with van der Waals surface area (Å²) in [7, 11) is 0. The van der Waals surface area contributed by atoms with Crippen molar-refractivity contribution in [2.24, 2.45) is 50.2 Å². The smallest absolute Gasteiger partial charge is 0.338 e. The summed E-state index contributed by atoms with van der Waals surface area (Å²) in [4.78, 5) is 28.9. The van der Waals surface area contributed by atoms with Gasteiger partial charge in [-0.05, 0) is 115 Å². The molecule has 4 saturated carbocycles. The molecule has 0 aromatic rings. The van der Waals surface area contributed by atoms with Crippen molar-refractivity contribution in [1.29, 1.82) is 0 Å². The van der Waals surface area contributed by atoms with Crippen molar-refractivity contribution < 1.29 is 119 Å². The number of aliphatic hydroxyl groups excluding tert-OH is 13. The highest BCUT2D eigenvalue weighted by molar-refractivity contribution is 5.79. The Balaban J connectivity index is 1.02. The second-order valence-corrected chi connectivity index (χ2v) is 27.5. The molecule has 24 heteroatoms. The normalized spacial score (nSPS) is 50.8. The first-order valence-electron chi connectivity index (χ1n) is 29.8. The summed E-state index contributed by atoms with van der Waals surface area (Å²) in [6.45, 7) is 15.3. The first kappa shape index (κ1) is 64.4. The number of unbranched alkanes of at least 4 members (excludes halogenated alkanes) is 1. The molecule has 0 aromatic heterocycles. The second kappa shape index (κ2) is 24.1. The van der Waals surface area contributed by atoms with Gasteiger partial charge in [0, 0.05) is 0 Å². The molecule has 0 bridgehead atoms. The fraction of sp³-hybridized carbons (Fsp3) is 0.931. The highest BCUT2D eigenvalue weighted by atomic mass is 16.8. The molecule has 24 nitrogen and oxygen atoms in total. The number of hydrogen-bond donors (Lipinski definition) is 13. The van der Waals surface area contributed by atoms with Crippen LogP contribution in [-0.2, 0) is 52.2 Å². The molecule has 0 aromatic carbocycles. The van der Waals surface area contributed by atoms with E-state index in [0.29, 0.717) is 57.8 Å². The summed E-state index contributed by atoms with van der Waals surface area (Å²) in [5.41, 5.74) is -1.49. The van der Waals surface area contributed by atoms with Crippen LogP contribution >= 0.6 is 0 Å². The quantitative estimate of drug-likeness (QED) is 0.0418. The highest BCUT2D eigenvalue weighted by Crippen LogP contribution is 2.76. The first-order chi connectivity index (χ1) is 38.5. The van der Waals surface area contributed by atoms with Crippen LogP contribution in [0.15, 0.2) is 11.6 Å². The van der Waals surface area contributed by atoms with E-state index >= 15 is 0 Å². The predicted octanol–water partition coefficient (Wildman–Crippen LogP) is -0.684. The number of carbonyl (C=O) groups is 2. The molecule has 4 aliphatic heterocycles. The van der Waals surface area contributed by atoms with Gasteiger partial charge < -0.3 is 109 Å². The van der Waals surface area contributed by atoms with Crippen LogP contribution in [0.25, 0.3) is 0 Å². The number of esters is 2. The molecule has 0 spiro atoms. The molecule has 0 radical (unpaired) electrons. The largest absolute Gasteiger partial charge is 0.464 e. The molecular formula is C58H94O24. The van der Waals surface area contributed by atoms with Gasteiger partial charge in [-0.3, -0.25) is 4.79 Å². The molecular weight excluding hydrogens is 1080 g/mol. The van der Waals surface area contributed by atoms with E-state index < -0.39 is 172 Å². The summed E-state index contributed by atoms with van der Waals surface area (Å²) in [6.07, 6.45) is -25.9. The average molecular weight is 1180 g/mol. The van der Waals surface area contributed by atoms with E-state index in [1.54, 1.807) is 0 Å². The molecule has 0 amide bonds. The van der Waals surface area contributed by atoms with Crippen molar-refractivity contribution in [2.75, 3.05) is 26.4 Å². The molecule has 4 saturated heterocycles. The summed E-state index contributed by atoms with van der Waals surface area (Å²) < 4.78 is 54.9. The lowest BCUT2D eigenvalue weighted by molar-refractivity contribution is -0.396. The van der Waals surface area contributed by atoms with E-state index in [1.165, 1.54) is 5.57 Å². The molecule has 28 atom stereocenters. The molecule has 13 N–H and O–H groups in total. The van der Waals surface area contributed by atoms with Crippen LogP contribution in [0.1, 0.15) is 132 Å². The topological polar surface area (TPSA) is 380 Å². The SMILES string of the molecule is CCCCOC(=O)[C@H]1O[C@@H](O[C@H]2CC[C@]3(C)[C@H]4CC=C5[C@@H]6CC(C)(C)CC[C@]6(C(=O)O[C@@H]6O[C@H](CO)[C@@H](O)[C@H](O)[C@H]6O)CC[C@@]5(C)[C@]4(C)CC[C@H]3C2(C)C)[C@H](O[C@@H]2O[C@H](CO)[C@@H](O)[C@H](O)[C@H]2O)[C@@H](O[C@@H]2O[C@H](CO)[C@H](O)[C@H](O)[C@H]2O)[C@@H]1O. The fourth-order valence-electron chi connectivity index (χ4n) is 16.9. The van der Waals surface area contributed by atoms with Crippen LogP contribution in [0, 0.1) is 50.2 Å². The Morgan fingerprint density at radius 3 is 1.67 bits per heavy atom. The van der Waals surface area contributed by atoms with E-state index in [2.05, 4.69) is 54.5 Å². The Morgan fingerprint density at radius 2 is 1.11 bits per heavy atom. The Morgan fingerprint density at radius 1 is 0.573 bits per heavy atom. The van der Waals surface area contributed by atoms with Crippen LogP contribution in [0.2, 0.25) is 0 Å². The van der Waals surface area contributed by atoms with Crippen LogP contribution in [-0.4, -0.2) is 234 Å². The molecule has 5 aliphatic carbocycles. The van der Waals surface area contributed by atoms with Gasteiger partial charge in [-0.15, -0.1) is 0 Å². The van der Waals surface area contributed by atoms with Crippen molar-refractivity contribution in [3.05, 3.63) is 11.6 Å². The third-order valence-corrected chi connectivity index (χ3v) is 22.1.